The molecule has 2 aromatic rings. The number of urea groups is 1. The van der Waals surface area contributed by atoms with E-state index in [9.17, 15) is 9.59 Å². The number of benzene rings is 1. The van der Waals surface area contributed by atoms with E-state index in [-0.39, 0.29) is 18.5 Å². The maximum atomic E-state index is 12.5. The fourth-order valence-electron chi connectivity index (χ4n) is 3.76. The molecule has 3 heterocycles. The Morgan fingerprint density at radius 1 is 0.893 bits per heavy atom. The van der Waals surface area contributed by atoms with Gasteiger partial charge in [0.15, 0.2) is 0 Å². The van der Waals surface area contributed by atoms with Crippen LogP contribution in [0.1, 0.15) is 11.1 Å². The predicted molar refractivity (Wildman–Crippen MR) is 107 cm³/mol. The number of nitrogens with zero attached hydrogens (tertiary/aromatic N) is 4. The maximum absolute atomic E-state index is 12.5. The third kappa shape index (κ3) is 4.08. The molecule has 1 aromatic carbocycles. The number of carbonyl (C=O) groups is 2. The summed E-state index contributed by atoms with van der Waals surface area (Å²) in [6, 6.07) is 13.9. The van der Waals surface area contributed by atoms with Gasteiger partial charge in [0, 0.05) is 45.5 Å². The van der Waals surface area contributed by atoms with Gasteiger partial charge in [-0.15, -0.1) is 0 Å². The van der Waals surface area contributed by atoms with Crippen LogP contribution in [0, 0.1) is 0 Å². The minimum absolute atomic E-state index is 0.0324. The molecule has 1 N–H and O–H groups in total. The average molecular weight is 379 g/mol. The molecule has 7 nitrogen and oxygen atoms in total. The van der Waals surface area contributed by atoms with Crippen molar-refractivity contribution in [3.05, 3.63) is 59.8 Å². The lowest BCUT2D eigenvalue weighted by Crippen LogP contribution is -2.53. The van der Waals surface area contributed by atoms with Crippen LogP contribution >= 0.6 is 0 Å². The molecular formula is C21H25N5O2. The summed E-state index contributed by atoms with van der Waals surface area (Å²) in [5.41, 5.74) is 2.50. The number of carbonyl (C=O) groups excluding carboxylic acids is 2. The molecule has 0 bridgehead atoms. The first kappa shape index (κ1) is 18.3. The van der Waals surface area contributed by atoms with E-state index in [1.165, 1.54) is 11.1 Å². The molecule has 2 aliphatic rings. The maximum Gasteiger partial charge on any atom is 0.317 e. The Bertz CT molecular complexity index is 834. The van der Waals surface area contributed by atoms with E-state index in [1.807, 2.05) is 35.2 Å². The minimum atomic E-state index is -0.175. The van der Waals surface area contributed by atoms with Gasteiger partial charge in [-0.25, -0.2) is 9.78 Å². The van der Waals surface area contributed by atoms with Gasteiger partial charge in [0.2, 0.25) is 5.91 Å². The molecule has 1 saturated heterocycles. The Morgan fingerprint density at radius 3 is 2.39 bits per heavy atom. The highest BCUT2D eigenvalue weighted by Crippen LogP contribution is 2.18. The molecular weight excluding hydrogens is 354 g/mol. The summed E-state index contributed by atoms with van der Waals surface area (Å²) in [6.07, 6.45) is 2.64. The number of piperazine rings is 1. The number of nitrogens with one attached hydrogen (secondary N) is 1. The Balaban J connectivity index is 1.23. The zero-order valence-corrected chi connectivity index (χ0v) is 15.9. The van der Waals surface area contributed by atoms with E-state index in [2.05, 4.69) is 27.3 Å². The summed E-state index contributed by atoms with van der Waals surface area (Å²) in [6.45, 7) is 4.08. The highest BCUT2D eigenvalue weighted by molar-refractivity contribution is 5.84. The number of fused-ring (bicyclic) bond motifs is 1. The number of amides is 3. The SMILES string of the molecule is O=C(CNC(=O)N1CCN(c2ccccn2)CC1)N1CCc2ccccc2C1. The Hall–Kier alpha value is -3.09. The van der Waals surface area contributed by atoms with E-state index >= 15 is 0 Å². The van der Waals surface area contributed by atoms with Gasteiger partial charge in [0.05, 0.1) is 6.54 Å². The quantitative estimate of drug-likeness (QED) is 0.878. The second-order valence-corrected chi connectivity index (χ2v) is 7.15. The molecule has 146 valence electrons. The van der Waals surface area contributed by atoms with Crippen LogP contribution < -0.4 is 10.2 Å². The lowest BCUT2D eigenvalue weighted by atomic mass is 10.00. The second kappa shape index (κ2) is 8.29. The monoisotopic (exact) mass is 379 g/mol. The molecule has 0 atom stereocenters. The first-order valence-corrected chi connectivity index (χ1v) is 9.74. The Kier molecular flexibility index (Phi) is 5.41. The van der Waals surface area contributed by atoms with Crippen LogP contribution in [-0.4, -0.2) is 66.0 Å². The molecule has 0 unspecified atom stereocenters. The van der Waals surface area contributed by atoms with E-state index < -0.39 is 0 Å². The van der Waals surface area contributed by atoms with Crippen molar-refractivity contribution in [1.29, 1.82) is 0 Å². The normalized spacial score (nSPS) is 16.5. The van der Waals surface area contributed by atoms with Crippen molar-refractivity contribution in [2.24, 2.45) is 0 Å². The summed E-state index contributed by atoms with van der Waals surface area (Å²) in [5.74, 6) is 0.901. The zero-order chi connectivity index (χ0) is 19.3. The van der Waals surface area contributed by atoms with Crippen LogP contribution in [0.3, 0.4) is 0 Å². The van der Waals surface area contributed by atoms with Crippen LogP contribution in [0.2, 0.25) is 0 Å². The largest absolute Gasteiger partial charge is 0.353 e. The summed E-state index contributed by atoms with van der Waals surface area (Å²) < 4.78 is 0. The van der Waals surface area contributed by atoms with Crippen molar-refractivity contribution in [3.63, 3.8) is 0 Å². The fraction of sp³-hybridized carbons (Fsp3) is 0.381. The topological polar surface area (TPSA) is 68.8 Å². The minimum Gasteiger partial charge on any atom is -0.353 e. The van der Waals surface area contributed by atoms with Crippen LogP contribution in [0.4, 0.5) is 10.6 Å². The van der Waals surface area contributed by atoms with Gasteiger partial charge in [-0.05, 0) is 29.7 Å². The van der Waals surface area contributed by atoms with Gasteiger partial charge in [-0.3, -0.25) is 4.79 Å². The smallest absolute Gasteiger partial charge is 0.317 e. The van der Waals surface area contributed by atoms with Crippen molar-refractivity contribution in [2.75, 3.05) is 44.2 Å². The van der Waals surface area contributed by atoms with Gasteiger partial charge < -0.3 is 20.0 Å². The zero-order valence-electron chi connectivity index (χ0n) is 15.9. The molecule has 0 saturated carbocycles. The molecule has 2 aliphatic heterocycles. The van der Waals surface area contributed by atoms with Crippen LogP contribution in [0.5, 0.6) is 0 Å². The lowest BCUT2D eigenvalue weighted by molar-refractivity contribution is -0.131. The highest BCUT2D eigenvalue weighted by atomic mass is 16.2. The molecule has 0 radical (unpaired) electrons. The van der Waals surface area contributed by atoms with Gasteiger partial charge in [-0.2, -0.15) is 0 Å². The summed E-state index contributed by atoms with van der Waals surface area (Å²) in [7, 11) is 0. The molecule has 3 amide bonds. The van der Waals surface area contributed by atoms with E-state index in [0.29, 0.717) is 26.2 Å². The van der Waals surface area contributed by atoms with Gasteiger partial charge in [-0.1, -0.05) is 30.3 Å². The van der Waals surface area contributed by atoms with E-state index in [1.54, 1.807) is 11.1 Å². The average Bonchev–Trinajstić information content (AvgIpc) is 2.77. The standard InChI is InChI=1S/C21H25N5O2/c27-20(26-10-8-17-5-1-2-6-18(17)16-26)15-23-21(28)25-13-11-24(12-14-25)19-7-3-4-9-22-19/h1-7,9H,8,10-16H2,(H,23,28). The Morgan fingerprint density at radius 2 is 1.64 bits per heavy atom. The number of pyridine rings is 1. The van der Waals surface area contributed by atoms with E-state index in [0.717, 1.165) is 25.3 Å². The summed E-state index contributed by atoms with van der Waals surface area (Å²) in [4.78, 5) is 35.1. The van der Waals surface area contributed by atoms with Crippen LogP contribution in [-0.2, 0) is 17.8 Å². The van der Waals surface area contributed by atoms with Crippen molar-refractivity contribution in [2.45, 2.75) is 13.0 Å². The van der Waals surface area contributed by atoms with Crippen molar-refractivity contribution in [1.82, 2.24) is 20.1 Å². The summed E-state index contributed by atoms with van der Waals surface area (Å²) >= 11 is 0. The number of anilines is 1. The van der Waals surface area contributed by atoms with Crippen molar-refractivity contribution < 1.29 is 9.59 Å². The molecule has 1 fully saturated rings. The Labute approximate surface area is 164 Å². The van der Waals surface area contributed by atoms with Crippen molar-refractivity contribution >= 4 is 17.8 Å². The lowest BCUT2D eigenvalue weighted by Gasteiger charge is -2.35. The number of rotatable bonds is 3. The number of aromatic nitrogens is 1. The third-order valence-electron chi connectivity index (χ3n) is 5.41. The van der Waals surface area contributed by atoms with E-state index in [4.69, 9.17) is 0 Å². The molecule has 1 aromatic heterocycles. The molecule has 0 aliphatic carbocycles. The fourth-order valence-corrected chi connectivity index (χ4v) is 3.76. The number of hydrogen-bond acceptors (Lipinski definition) is 4. The van der Waals surface area contributed by atoms with Gasteiger partial charge in [0.25, 0.3) is 0 Å². The third-order valence-corrected chi connectivity index (χ3v) is 5.41. The highest BCUT2D eigenvalue weighted by Gasteiger charge is 2.24. The second-order valence-electron chi connectivity index (χ2n) is 7.15. The molecule has 28 heavy (non-hydrogen) atoms. The predicted octanol–water partition coefficient (Wildman–Crippen LogP) is 1.50. The number of hydrogen-bond donors (Lipinski definition) is 1. The molecule has 0 spiro atoms. The van der Waals surface area contributed by atoms with Crippen LogP contribution in [0.25, 0.3) is 0 Å². The van der Waals surface area contributed by atoms with Crippen molar-refractivity contribution in [3.8, 4) is 0 Å². The van der Waals surface area contributed by atoms with Crippen LogP contribution in [0.15, 0.2) is 48.7 Å². The summed E-state index contributed by atoms with van der Waals surface area (Å²) in [5, 5.41) is 2.79. The molecule has 7 heteroatoms. The van der Waals surface area contributed by atoms with Gasteiger partial charge >= 0.3 is 6.03 Å². The van der Waals surface area contributed by atoms with Gasteiger partial charge in [0.1, 0.15) is 5.82 Å². The first-order valence-electron chi connectivity index (χ1n) is 9.74. The molecule has 4 rings (SSSR count). The first-order chi connectivity index (χ1) is 13.7.